The van der Waals surface area contributed by atoms with E-state index in [2.05, 4.69) is 45.4 Å². The molecule has 1 heterocycles. The van der Waals surface area contributed by atoms with Gasteiger partial charge in [0, 0.05) is 24.5 Å². The van der Waals surface area contributed by atoms with Gasteiger partial charge < -0.3 is 10.1 Å². The van der Waals surface area contributed by atoms with Gasteiger partial charge in [0.2, 0.25) is 0 Å². The third kappa shape index (κ3) is 6.43. The maximum Gasteiger partial charge on any atom is 0.257 e. The lowest BCUT2D eigenvalue weighted by Gasteiger charge is -2.12. The fraction of sp³-hybridized carbons (Fsp3) is 0.278. The second-order valence-electron chi connectivity index (χ2n) is 5.85. The van der Waals surface area contributed by atoms with Crippen molar-refractivity contribution in [2.24, 2.45) is 5.92 Å². The molecule has 5 nitrogen and oxygen atoms in total. The van der Waals surface area contributed by atoms with Crippen LogP contribution in [0.3, 0.4) is 0 Å². The van der Waals surface area contributed by atoms with Crippen molar-refractivity contribution in [3.63, 3.8) is 0 Å². The standard InChI is InChI=1S/C18H20BrN3O2S/c1-12(2)11-24-16-6-5-14(8-15(16)19)17(23)22-18(25)21-10-13-4-3-7-20-9-13/h3-9,12H,10-11H2,1-2H3,(H2,21,22,23,25). The third-order valence-electron chi connectivity index (χ3n) is 3.17. The van der Waals surface area contributed by atoms with E-state index in [1.165, 1.54) is 0 Å². The van der Waals surface area contributed by atoms with Crippen LogP contribution < -0.4 is 15.4 Å². The van der Waals surface area contributed by atoms with Gasteiger partial charge >= 0.3 is 0 Å². The fourth-order valence-corrected chi connectivity index (χ4v) is 2.58. The van der Waals surface area contributed by atoms with Crippen molar-refractivity contribution in [3.05, 3.63) is 58.3 Å². The molecule has 7 heteroatoms. The zero-order valence-electron chi connectivity index (χ0n) is 14.1. The number of hydrogen-bond donors (Lipinski definition) is 2. The van der Waals surface area contributed by atoms with Gasteiger partial charge in [-0.1, -0.05) is 19.9 Å². The lowest BCUT2D eigenvalue weighted by molar-refractivity contribution is 0.0976. The van der Waals surface area contributed by atoms with Crippen LogP contribution in [0.1, 0.15) is 29.8 Å². The van der Waals surface area contributed by atoms with Crippen molar-refractivity contribution in [2.75, 3.05) is 6.61 Å². The van der Waals surface area contributed by atoms with Crippen molar-refractivity contribution < 1.29 is 9.53 Å². The van der Waals surface area contributed by atoms with Crippen molar-refractivity contribution in [3.8, 4) is 5.75 Å². The molecule has 0 aliphatic carbocycles. The number of pyridine rings is 1. The first-order valence-electron chi connectivity index (χ1n) is 7.86. The van der Waals surface area contributed by atoms with Crippen LogP contribution in [0.15, 0.2) is 47.2 Å². The van der Waals surface area contributed by atoms with Gasteiger partial charge in [-0.15, -0.1) is 0 Å². The quantitative estimate of drug-likeness (QED) is 0.696. The molecule has 1 aromatic heterocycles. The molecule has 2 N–H and O–H groups in total. The molecule has 0 fully saturated rings. The summed E-state index contributed by atoms with van der Waals surface area (Å²) in [7, 11) is 0. The Balaban J connectivity index is 1.89. The molecule has 0 aliphatic heterocycles. The Morgan fingerprint density at radius 3 is 2.80 bits per heavy atom. The van der Waals surface area contributed by atoms with Crippen molar-refractivity contribution in [2.45, 2.75) is 20.4 Å². The number of hydrogen-bond acceptors (Lipinski definition) is 4. The molecule has 0 saturated carbocycles. The molecule has 0 unspecified atom stereocenters. The number of carbonyl (C=O) groups excluding carboxylic acids is 1. The minimum atomic E-state index is -0.278. The minimum absolute atomic E-state index is 0.269. The van der Waals surface area contributed by atoms with Crippen molar-refractivity contribution >= 4 is 39.2 Å². The van der Waals surface area contributed by atoms with E-state index >= 15 is 0 Å². The molecule has 2 rings (SSSR count). The number of thiocarbonyl (C=S) groups is 1. The van der Waals surface area contributed by atoms with E-state index in [9.17, 15) is 4.79 Å². The normalized spacial score (nSPS) is 10.4. The highest BCUT2D eigenvalue weighted by atomic mass is 79.9. The summed E-state index contributed by atoms with van der Waals surface area (Å²) in [6, 6.07) is 8.97. The number of carbonyl (C=O) groups is 1. The molecule has 0 radical (unpaired) electrons. The summed E-state index contributed by atoms with van der Waals surface area (Å²) in [5.74, 6) is 0.862. The molecule has 0 spiro atoms. The van der Waals surface area contributed by atoms with E-state index in [0.29, 0.717) is 30.4 Å². The summed E-state index contributed by atoms with van der Waals surface area (Å²) < 4.78 is 6.41. The zero-order chi connectivity index (χ0) is 18.2. The first-order chi connectivity index (χ1) is 12.0. The number of nitrogens with zero attached hydrogens (tertiary/aromatic N) is 1. The number of ether oxygens (including phenoxy) is 1. The second kappa shape index (κ2) is 9.48. The highest BCUT2D eigenvalue weighted by Crippen LogP contribution is 2.26. The summed E-state index contributed by atoms with van der Waals surface area (Å²) in [6.45, 7) is 5.27. The number of aromatic nitrogens is 1. The Hall–Kier alpha value is -1.99. The van der Waals surface area contributed by atoms with Gasteiger partial charge in [0.15, 0.2) is 5.11 Å². The Morgan fingerprint density at radius 1 is 1.36 bits per heavy atom. The molecule has 1 aromatic carbocycles. The number of benzene rings is 1. The minimum Gasteiger partial charge on any atom is -0.492 e. The van der Waals surface area contributed by atoms with E-state index in [0.717, 1.165) is 10.0 Å². The van der Waals surface area contributed by atoms with Gasteiger partial charge in [-0.2, -0.15) is 0 Å². The van der Waals surface area contributed by atoms with Gasteiger partial charge in [-0.05, 0) is 63.9 Å². The van der Waals surface area contributed by atoms with E-state index in [-0.39, 0.29) is 11.0 Å². The Kier molecular flexibility index (Phi) is 7.33. The van der Waals surface area contributed by atoms with Crippen LogP contribution in [0.5, 0.6) is 5.75 Å². The summed E-state index contributed by atoms with van der Waals surface area (Å²) in [4.78, 5) is 16.3. The number of amides is 1. The molecule has 0 atom stereocenters. The monoisotopic (exact) mass is 421 g/mol. The van der Waals surface area contributed by atoms with Crippen LogP contribution in [0.2, 0.25) is 0 Å². The van der Waals surface area contributed by atoms with E-state index in [4.69, 9.17) is 17.0 Å². The average Bonchev–Trinajstić information content (AvgIpc) is 2.59. The molecule has 0 saturated heterocycles. The number of halogens is 1. The largest absolute Gasteiger partial charge is 0.492 e. The SMILES string of the molecule is CC(C)COc1ccc(C(=O)NC(=S)NCc2cccnc2)cc1Br. The van der Waals surface area contributed by atoms with Crippen LogP contribution in [-0.2, 0) is 6.54 Å². The molecular formula is C18H20BrN3O2S. The topological polar surface area (TPSA) is 63.2 Å². The van der Waals surface area contributed by atoms with E-state index in [1.54, 1.807) is 30.6 Å². The maximum absolute atomic E-state index is 12.3. The van der Waals surface area contributed by atoms with Gasteiger partial charge in [0.05, 0.1) is 11.1 Å². The highest BCUT2D eigenvalue weighted by Gasteiger charge is 2.11. The Morgan fingerprint density at radius 2 is 2.16 bits per heavy atom. The predicted molar refractivity (Wildman–Crippen MR) is 106 cm³/mol. The second-order valence-corrected chi connectivity index (χ2v) is 7.11. The third-order valence-corrected chi connectivity index (χ3v) is 4.04. The molecule has 0 bridgehead atoms. The molecule has 25 heavy (non-hydrogen) atoms. The Bertz CT molecular complexity index is 738. The van der Waals surface area contributed by atoms with Gasteiger partial charge in [0.1, 0.15) is 5.75 Å². The zero-order valence-corrected chi connectivity index (χ0v) is 16.5. The maximum atomic E-state index is 12.3. The first kappa shape index (κ1) is 19.3. The van der Waals surface area contributed by atoms with Gasteiger partial charge in [0.25, 0.3) is 5.91 Å². The van der Waals surface area contributed by atoms with Crippen molar-refractivity contribution in [1.29, 1.82) is 0 Å². The summed E-state index contributed by atoms with van der Waals surface area (Å²) in [5, 5.41) is 5.91. The Labute approximate surface area is 161 Å². The first-order valence-corrected chi connectivity index (χ1v) is 9.06. The molecule has 1 amide bonds. The van der Waals surface area contributed by atoms with Crippen LogP contribution in [0, 0.1) is 5.92 Å². The lowest BCUT2D eigenvalue weighted by atomic mass is 10.2. The predicted octanol–water partition coefficient (Wildman–Crippen LogP) is 3.68. The number of nitrogens with one attached hydrogen (secondary N) is 2. The van der Waals surface area contributed by atoms with Crippen LogP contribution in [0.25, 0.3) is 0 Å². The highest BCUT2D eigenvalue weighted by molar-refractivity contribution is 9.10. The van der Waals surface area contributed by atoms with Gasteiger partial charge in [-0.3, -0.25) is 15.1 Å². The smallest absolute Gasteiger partial charge is 0.257 e. The van der Waals surface area contributed by atoms with Crippen molar-refractivity contribution in [1.82, 2.24) is 15.6 Å². The average molecular weight is 422 g/mol. The van der Waals surface area contributed by atoms with Crippen LogP contribution >= 0.6 is 28.1 Å². The molecule has 132 valence electrons. The fourth-order valence-electron chi connectivity index (χ4n) is 1.92. The molecule has 0 aliphatic rings. The van der Waals surface area contributed by atoms with Crippen LogP contribution in [-0.4, -0.2) is 22.6 Å². The van der Waals surface area contributed by atoms with E-state index in [1.807, 2.05) is 12.1 Å². The van der Waals surface area contributed by atoms with Gasteiger partial charge in [-0.25, -0.2) is 0 Å². The summed E-state index contributed by atoms with van der Waals surface area (Å²) >= 11 is 8.59. The van der Waals surface area contributed by atoms with Crippen LogP contribution in [0.4, 0.5) is 0 Å². The molecular weight excluding hydrogens is 402 g/mol. The lowest BCUT2D eigenvalue weighted by Crippen LogP contribution is -2.38. The summed E-state index contributed by atoms with van der Waals surface area (Å²) in [6.07, 6.45) is 3.44. The summed E-state index contributed by atoms with van der Waals surface area (Å²) in [5.41, 5.74) is 1.47. The molecule has 2 aromatic rings. The van der Waals surface area contributed by atoms with E-state index < -0.39 is 0 Å². The number of rotatable bonds is 6.